The average molecular weight is 407 g/mol. The monoisotopic (exact) mass is 406 g/mol. The molecule has 2 rings (SSSR count). The number of methoxy groups -OCH3 is 2. The fourth-order valence-electron chi connectivity index (χ4n) is 2.44. The quantitative estimate of drug-likeness (QED) is 0.385. The summed E-state index contributed by atoms with van der Waals surface area (Å²) in [6.45, 7) is 0.797. The van der Waals surface area contributed by atoms with Crippen LogP contribution in [0.3, 0.4) is 0 Å². The Balaban J connectivity index is 2.68. The van der Waals surface area contributed by atoms with E-state index in [0.717, 1.165) is 0 Å². The molecule has 1 heterocycles. The van der Waals surface area contributed by atoms with Crippen molar-refractivity contribution in [2.45, 2.75) is 19.4 Å². The Kier molecular flexibility index (Phi) is 6.68. The number of nitriles is 1. The number of benzene rings is 1. The van der Waals surface area contributed by atoms with Gasteiger partial charge in [0.1, 0.15) is 12.5 Å². The van der Waals surface area contributed by atoms with Crippen LogP contribution in [0.5, 0.6) is 11.8 Å². The lowest BCUT2D eigenvalue weighted by Crippen LogP contribution is -2.11. The van der Waals surface area contributed by atoms with Gasteiger partial charge in [0.05, 0.1) is 42.4 Å². The number of nitro benzene ring substituents is 1. The van der Waals surface area contributed by atoms with Crippen molar-refractivity contribution in [1.29, 1.82) is 5.26 Å². The van der Waals surface area contributed by atoms with Crippen molar-refractivity contribution in [3.63, 3.8) is 0 Å². The predicted molar refractivity (Wildman–Crippen MR) is 96.2 cm³/mol. The Hall–Kier alpha value is -3.45. The molecular weight excluding hydrogens is 392 g/mol. The molecule has 0 bridgehead atoms. The van der Waals surface area contributed by atoms with E-state index < -0.39 is 22.5 Å². The molecule has 1 atom stereocenters. The number of aromatic nitrogens is 2. The summed E-state index contributed by atoms with van der Waals surface area (Å²) in [6.07, 6.45) is 0. The lowest BCUT2D eigenvalue weighted by Gasteiger charge is -2.14. The molecule has 1 unspecified atom stereocenters. The third kappa shape index (κ3) is 4.63. The van der Waals surface area contributed by atoms with Crippen LogP contribution < -0.4 is 9.47 Å². The van der Waals surface area contributed by atoms with E-state index in [1.54, 1.807) is 0 Å². The molecule has 0 spiro atoms. The minimum absolute atomic E-state index is 0.0396. The molecule has 0 N–H and O–H groups in total. The summed E-state index contributed by atoms with van der Waals surface area (Å²) in [7, 11) is 2.73. The maximum absolute atomic E-state index is 11.7. The molecule has 0 fully saturated rings. The molecule has 0 saturated carbocycles. The van der Waals surface area contributed by atoms with Crippen LogP contribution in [0, 0.1) is 21.4 Å². The molecule has 28 heavy (non-hydrogen) atoms. The number of hydrogen-bond acceptors (Lipinski definition) is 9. The van der Waals surface area contributed by atoms with Gasteiger partial charge in [0.15, 0.2) is 5.82 Å². The Morgan fingerprint density at radius 2 is 1.89 bits per heavy atom. The van der Waals surface area contributed by atoms with Gasteiger partial charge in [0, 0.05) is 11.9 Å². The topological polar surface area (TPSA) is 137 Å². The van der Waals surface area contributed by atoms with Crippen molar-refractivity contribution in [2.75, 3.05) is 14.2 Å². The molecule has 0 amide bonds. The van der Waals surface area contributed by atoms with E-state index in [2.05, 4.69) is 9.97 Å². The van der Waals surface area contributed by atoms with Gasteiger partial charge in [-0.05, 0) is 12.1 Å². The van der Waals surface area contributed by atoms with E-state index in [1.807, 2.05) is 6.07 Å². The Morgan fingerprint density at radius 1 is 1.29 bits per heavy atom. The number of esters is 1. The van der Waals surface area contributed by atoms with E-state index in [1.165, 1.54) is 39.3 Å². The first-order valence-electron chi connectivity index (χ1n) is 7.77. The van der Waals surface area contributed by atoms with Crippen molar-refractivity contribution >= 4 is 23.3 Å². The third-order valence-electron chi connectivity index (χ3n) is 3.61. The Labute approximate surface area is 164 Å². The molecule has 0 radical (unpaired) electrons. The molecule has 11 heteroatoms. The van der Waals surface area contributed by atoms with Gasteiger partial charge in [-0.15, -0.1) is 0 Å². The smallest absolute Gasteiger partial charge is 0.302 e. The summed E-state index contributed by atoms with van der Waals surface area (Å²) in [5.41, 5.74) is -0.419. The zero-order valence-electron chi connectivity index (χ0n) is 15.1. The molecule has 0 saturated heterocycles. The largest absolute Gasteiger partial charge is 0.481 e. The first-order chi connectivity index (χ1) is 13.3. The molecule has 2 aromatic rings. The van der Waals surface area contributed by atoms with Crippen LogP contribution in [-0.4, -0.2) is 35.1 Å². The van der Waals surface area contributed by atoms with Crippen LogP contribution in [0.4, 0.5) is 5.69 Å². The van der Waals surface area contributed by atoms with Gasteiger partial charge in [-0.25, -0.2) is 0 Å². The standard InChI is InChI=1S/C17H15ClN4O6/c1-9(23)28-8-10-4-11(18)5-12(16(10)22(24)25)13(7-19)17-20-14(26-2)6-15(21-17)27-3/h4-6,13H,8H2,1-3H3. The highest BCUT2D eigenvalue weighted by Gasteiger charge is 2.30. The molecule has 146 valence electrons. The summed E-state index contributed by atoms with van der Waals surface area (Å²) in [4.78, 5) is 30.3. The molecule has 0 aliphatic heterocycles. The number of hydrogen-bond donors (Lipinski definition) is 0. The maximum atomic E-state index is 11.7. The molecule has 0 aliphatic carbocycles. The fourth-order valence-corrected chi connectivity index (χ4v) is 2.69. The highest BCUT2D eigenvalue weighted by molar-refractivity contribution is 6.30. The number of nitro groups is 1. The zero-order valence-corrected chi connectivity index (χ0v) is 15.9. The molecule has 0 aliphatic rings. The number of rotatable bonds is 7. The van der Waals surface area contributed by atoms with Crippen LogP contribution in [0.15, 0.2) is 18.2 Å². The summed E-state index contributed by atoms with van der Waals surface area (Å²) in [6, 6.07) is 5.92. The summed E-state index contributed by atoms with van der Waals surface area (Å²) in [5.74, 6) is -1.70. The van der Waals surface area contributed by atoms with Crippen molar-refractivity contribution < 1.29 is 23.9 Å². The lowest BCUT2D eigenvalue weighted by atomic mass is 9.95. The highest BCUT2D eigenvalue weighted by Crippen LogP contribution is 2.36. The second-order valence-corrected chi connectivity index (χ2v) is 5.85. The first kappa shape index (κ1) is 20.9. The predicted octanol–water partition coefficient (Wildman–Crippen LogP) is 2.77. The van der Waals surface area contributed by atoms with E-state index in [-0.39, 0.29) is 40.3 Å². The van der Waals surface area contributed by atoms with Crippen LogP contribution in [0.2, 0.25) is 5.02 Å². The van der Waals surface area contributed by atoms with Crippen molar-refractivity contribution in [3.05, 3.63) is 50.3 Å². The van der Waals surface area contributed by atoms with Gasteiger partial charge >= 0.3 is 5.97 Å². The highest BCUT2D eigenvalue weighted by atomic mass is 35.5. The van der Waals surface area contributed by atoms with Crippen molar-refractivity contribution in [1.82, 2.24) is 9.97 Å². The zero-order chi connectivity index (χ0) is 20.8. The van der Waals surface area contributed by atoms with E-state index in [9.17, 15) is 20.2 Å². The van der Waals surface area contributed by atoms with Crippen LogP contribution in [0.1, 0.15) is 29.8 Å². The summed E-state index contributed by atoms with van der Waals surface area (Å²) in [5, 5.41) is 21.5. The third-order valence-corrected chi connectivity index (χ3v) is 3.83. The average Bonchev–Trinajstić information content (AvgIpc) is 2.65. The Bertz CT molecular complexity index is 937. The molecule has 1 aromatic carbocycles. The van der Waals surface area contributed by atoms with Crippen LogP contribution in [0.25, 0.3) is 0 Å². The van der Waals surface area contributed by atoms with Gasteiger partial charge in [-0.3, -0.25) is 14.9 Å². The van der Waals surface area contributed by atoms with Gasteiger partial charge in [-0.1, -0.05) is 11.6 Å². The number of nitrogens with zero attached hydrogens (tertiary/aromatic N) is 4. The van der Waals surface area contributed by atoms with Gasteiger partial charge in [-0.2, -0.15) is 15.2 Å². The molecular formula is C17H15ClN4O6. The van der Waals surface area contributed by atoms with E-state index >= 15 is 0 Å². The fraction of sp³-hybridized carbons (Fsp3) is 0.294. The molecule has 1 aromatic heterocycles. The second kappa shape index (κ2) is 8.96. The van der Waals surface area contributed by atoms with Gasteiger partial charge < -0.3 is 14.2 Å². The lowest BCUT2D eigenvalue weighted by molar-refractivity contribution is -0.386. The maximum Gasteiger partial charge on any atom is 0.302 e. The van der Waals surface area contributed by atoms with Crippen molar-refractivity contribution in [3.8, 4) is 17.8 Å². The van der Waals surface area contributed by atoms with E-state index in [0.29, 0.717) is 0 Å². The van der Waals surface area contributed by atoms with Gasteiger partial charge in [0.2, 0.25) is 11.8 Å². The normalized spacial score (nSPS) is 11.2. The van der Waals surface area contributed by atoms with Crippen LogP contribution >= 0.6 is 11.6 Å². The molecule has 10 nitrogen and oxygen atoms in total. The van der Waals surface area contributed by atoms with E-state index in [4.69, 9.17) is 25.8 Å². The second-order valence-electron chi connectivity index (χ2n) is 5.41. The first-order valence-corrected chi connectivity index (χ1v) is 8.15. The van der Waals surface area contributed by atoms with Crippen molar-refractivity contribution in [2.24, 2.45) is 0 Å². The minimum atomic E-state index is -1.25. The number of halogens is 1. The van der Waals surface area contributed by atoms with Crippen LogP contribution in [-0.2, 0) is 16.1 Å². The number of ether oxygens (including phenoxy) is 3. The summed E-state index contributed by atoms with van der Waals surface area (Å²) >= 11 is 6.08. The summed E-state index contributed by atoms with van der Waals surface area (Å²) < 4.78 is 15.0. The SMILES string of the molecule is COc1cc(OC)nc(C(C#N)c2cc(Cl)cc(COC(C)=O)c2[N+](=O)[O-])n1. The van der Waals surface area contributed by atoms with Gasteiger partial charge in [0.25, 0.3) is 5.69 Å². The Morgan fingerprint density at radius 3 is 2.36 bits per heavy atom. The number of carbonyl (C=O) groups excluding carboxylic acids is 1. The minimum Gasteiger partial charge on any atom is -0.481 e. The number of carbonyl (C=O) groups is 1.